The lowest BCUT2D eigenvalue weighted by atomic mass is 10.2. The fourth-order valence-corrected chi connectivity index (χ4v) is 4.89. The Morgan fingerprint density at radius 1 is 0.853 bits per heavy atom. The molecule has 0 saturated carbocycles. The van der Waals surface area contributed by atoms with Gasteiger partial charge >= 0.3 is 0 Å². The summed E-state index contributed by atoms with van der Waals surface area (Å²) in [6.45, 7) is 8.97. The third-order valence-corrected chi connectivity index (χ3v) is 6.74. The van der Waals surface area contributed by atoms with Crippen molar-refractivity contribution in [1.82, 2.24) is 29.7 Å². The Labute approximate surface area is 207 Å². The summed E-state index contributed by atoms with van der Waals surface area (Å²) >= 11 is 1.87. The van der Waals surface area contributed by atoms with Crippen molar-refractivity contribution in [3.63, 3.8) is 0 Å². The number of H-pyrrole nitrogens is 2. The highest BCUT2D eigenvalue weighted by molar-refractivity contribution is 7.99. The molecule has 0 aliphatic rings. The fraction of sp³-hybridized carbons (Fsp3) is 0.500. The van der Waals surface area contributed by atoms with Gasteiger partial charge in [0.05, 0.1) is 13.1 Å². The Morgan fingerprint density at radius 2 is 1.47 bits per heavy atom. The van der Waals surface area contributed by atoms with E-state index in [4.69, 9.17) is 0 Å². The Hall–Kier alpha value is -2.58. The summed E-state index contributed by atoms with van der Waals surface area (Å²) in [6, 6.07) is 7.96. The summed E-state index contributed by atoms with van der Waals surface area (Å²) in [5.41, 5.74) is 0.675. The first-order valence-corrected chi connectivity index (χ1v) is 13.4. The minimum atomic E-state index is -0.0342. The number of rotatable bonds is 16. The maximum Gasteiger partial charge on any atom is 0.254 e. The predicted molar refractivity (Wildman–Crippen MR) is 139 cm³/mol. The molecule has 34 heavy (non-hydrogen) atoms. The van der Waals surface area contributed by atoms with Crippen molar-refractivity contribution in [3.8, 4) is 0 Å². The Bertz CT molecular complexity index is 885. The average Bonchev–Trinajstić information content (AvgIpc) is 3.56. The largest absolute Gasteiger partial charge is 0.347 e. The number of hydrogen-bond donors (Lipinski definition) is 2. The summed E-state index contributed by atoms with van der Waals surface area (Å²) in [7, 11) is 0. The van der Waals surface area contributed by atoms with E-state index >= 15 is 0 Å². The number of thioether (sulfide) groups is 1. The Balaban J connectivity index is 1.46. The van der Waals surface area contributed by atoms with Crippen LogP contribution >= 0.6 is 11.8 Å². The lowest BCUT2D eigenvalue weighted by Gasteiger charge is -2.21. The van der Waals surface area contributed by atoms with E-state index in [1.54, 1.807) is 29.7 Å². The SMILES string of the molecule is CCCN(CCC)CCCCCSc1ccc(C(=O)N(Cc2ncc[nH]2)Cc2ncc[nH]2)cc1. The van der Waals surface area contributed by atoms with Gasteiger partial charge in [0, 0.05) is 35.2 Å². The average molecular weight is 483 g/mol. The van der Waals surface area contributed by atoms with Gasteiger partial charge in [-0.05, 0) is 75.3 Å². The van der Waals surface area contributed by atoms with Gasteiger partial charge in [-0.2, -0.15) is 0 Å². The molecule has 0 aliphatic carbocycles. The summed E-state index contributed by atoms with van der Waals surface area (Å²) in [5.74, 6) is 2.57. The standard InChI is InChI=1S/C26H38N6OS/c1-3-16-31(17-4-2)18-6-5-7-19-34-23-10-8-22(9-11-23)26(33)32(20-24-27-12-13-28-24)21-25-29-14-15-30-25/h8-15H,3-7,16-21H2,1-2H3,(H,27,28)(H,29,30). The molecule has 2 aromatic heterocycles. The van der Waals surface area contributed by atoms with E-state index in [0.29, 0.717) is 18.7 Å². The molecule has 2 N–H and O–H groups in total. The molecule has 0 aliphatic heterocycles. The molecule has 0 saturated heterocycles. The predicted octanol–water partition coefficient (Wildman–Crippen LogP) is 5.36. The number of hydrogen-bond acceptors (Lipinski definition) is 5. The molecule has 0 fully saturated rings. The highest BCUT2D eigenvalue weighted by atomic mass is 32.2. The van der Waals surface area contributed by atoms with E-state index in [2.05, 4.69) is 50.8 Å². The van der Waals surface area contributed by atoms with Crippen molar-refractivity contribution in [3.05, 3.63) is 66.3 Å². The molecule has 0 unspecified atom stereocenters. The van der Waals surface area contributed by atoms with Crippen LogP contribution in [0.15, 0.2) is 53.9 Å². The van der Waals surface area contributed by atoms with E-state index in [1.165, 1.54) is 56.6 Å². The van der Waals surface area contributed by atoms with Gasteiger partial charge in [-0.15, -0.1) is 11.8 Å². The lowest BCUT2D eigenvalue weighted by Crippen LogP contribution is -2.31. The smallest absolute Gasteiger partial charge is 0.254 e. The van der Waals surface area contributed by atoms with Crippen LogP contribution in [0.4, 0.5) is 0 Å². The van der Waals surface area contributed by atoms with Crippen molar-refractivity contribution in [2.24, 2.45) is 0 Å². The van der Waals surface area contributed by atoms with Gasteiger partial charge in [-0.1, -0.05) is 20.3 Å². The molecule has 0 atom stereocenters. The van der Waals surface area contributed by atoms with Gasteiger partial charge in [0.15, 0.2) is 0 Å². The van der Waals surface area contributed by atoms with E-state index < -0.39 is 0 Å². The summed E-state index contributed by atoms with van der Waals surface area (Å²) < 4.78 is 0. The zero-order chi connectivity index (χ0) is 24.0. The van der Waals surface area contributed by atoms with Crippen LogP contribution in [0.1, 0.15) is 68.0 Å². The topological polar surface area (TPSA) is 80.9 Å². The molecule has 0 radical (unpaired) electrons. The first kappa shape index (κ1) is 26.0. The Kier molecular flexibility index (Phi) is 11.2. The number of benzene rings is 1. The van der Waals surface area contributed by atoms with Crippen LogP contribution in [-0.2, 0) is 13.1 Å². The van der Waals surface area contributed by atoms with Crippen LogP contribution in [0.25, 0.3) is 0 Å². The van der Waals surface area contributed by atoms with E-state index in [0.717, 1.165) is 17.4 Å². The number of aromatic nitrogens is 4. The van der Waals surface area contributed by atoms with Gasteiger partial charge in [-0.3, -0.25) is 4.79 Å². The highest BCUT2D eigenvalue weighted by Crippen LogP contribution is 2.21. The Morgan fingerprint density at radius 3 is 2.00 bits per heavy atom. The van der Waals surface area contributed by atoms with Gasteiger partial charge < -0.3 is 19.8 Å². The minimum absolute atomic E-state index is 0.0342. The molecule has 0 spiro atoms. The van der Waals surface area contributed by atoms with E-state index in [1.807, 2.05) is 23.9 Å². The molecule has 3 aromatic rings. The molecular formula is C26H38N6OS. The third kappa shape index (κ3) is 8.65. The first-order chi connectivity index (χ1) is 16.7. The quantitative estimate of drug-likeness (QED) is 0.212. The number of nitrogens with zero attached hydrogens (tertiary/aromatic N) is 4. The van der Waals surface area contributed by atoms with Crippen LogP contribution in [0.3, 0.4) is 0 Å². The number of unbranched alkanes of at least 4 members (excludes halogenated alkanes) is 2. The van der Waals surface area contributed by atoms with Crippen LogP contribution in [0.5, 0.6) is 0 Å². The van der Waals surface area contributed by atoms with Crippen LogP contribution in [0.2, 0.25) is 0 Å². The number of imidazole rings is 2. The molecule has 1 aromatic carbocycles. The van der Waals surface area contributed by atoms with Crippen LogP contribution < -0.4 is 0 Å². The number of nitrogens with one attached hydrogen (secondary N) is 2. The third-order valence-electron chi connectivity index (χ3n) is 5.65. The molecule has 1 amide bonds. The monoisotopic (exact) mass is 482 g/mol. The molecule has 2 heterocycles. The van der Waals surface area contributed by atoms with Crippen LogP contribution in [0, 0.1) is 0 Å². The molecule has 8 heteroatoms. The summed E-state index contributed by atoms with van der Waals surface area (Å²) in [5, 5.41) is 0. The molecule has 3 rings (SSSR count). The molecular weight excluding hydrogens is 444 g/mol. The van der Waals surface area contributed by atoms with Gasteiger partial charge in [0.2, 0.25) is 0 Å². The van der Waals surface area contributed by atoms with Gasteiger partial charge in [-0.25, -0.2) is 9.97 Å². The van der Waals surface area contributed by atoms with E-state index in [9.17, 15) is 4.79 Å². The highest BCUT2D eigenvalue weighted by Gasteiger charge is 2.18. The van der Waals surface area contributed by atoms with Crippen molar-refractivity contribution in [2.75, 3.05) is 25.4 Å². The summed E-state index contributed by atoms with van der Waals surface area (Å²) in [4.78, 5) is 33.5. The minimum Gasteiger partial charge on any atom is -0.347 e. The zero-order valence-electron chi connectivity index (χ0n) is 20.5. The molecule has 184 valence electrons. The number of carbonyl (C=O) groups excluding carboxylic acids is 1. The molecule has 7 nitrogen and oxygen atoms in total. The second kappa shape index (κ2) is 14.6. The lowest BCUT2D eigenvalue weighted by molar-refractivity contribution is 0.0721. The first-order valence-electron chi connectivity index (χ1n) is 12.4. The van der Waals surface area contributed by atoms with Crippen LogP contribution in [-0.4, -0.2) is 61.0 Å². The second-order valence-electron chi connectivity index (χ2n) is 8.51. The second-order valence-corrected chi connectivity index (χ2v) is 9.68. The molecule has 0 bridgehead atoms. The number of aromatic amines is 2. The zero-order valence-corrected chi connectivity index (χ0v) is 21.3. The van der Waals surface area contributed by atoms with Gasteiger partial charge in [0.1, 0.15) is 11.6 Å². The van der Waals surface area contributed by atoms with Crippen molar-refractivity contribution < 1.29 is 4.79 Å². The van der Waals surface area contributed by atoms with Gasteiger partial charge in [0.25, 0.3) is 5.91 Å². The fourth-order valence-electron chi connectivity index (χ4n) is 3.98. The van der Waals surface area contributed by atoms with E-state index in [-0.39, 0.29) is 5.91 Å². The number of carbonyl (C=O) groups is 1. The van der Waals surface area contributed by atoms with Crippen molar-refractivity contribution >= 4 is 17.7 Å². The maximum absolute atomic E-state index is 13.2. The van der Waals surface area contributed by atoms with Crippen molar-refractivity contribution in [2.45, 2.75) is 63.9 Å². The van der Waals surface area contributed by atoms with Crippen molar-refractivity contribution in [1.29, 1.82) is 0 Å². The summed E-state index contributed by atoms with van der Waals surface area (Å²) in [6.07, 6.45) is 13.2. The normalized spacial score (nSPS) is 11.3. The number of amides is 1. The maximum atomic E-state index is 13.2.